The molecule has 0 unspecified atom stereocenters. The highest BCUT2D eigenvalue weighted by molar-refractivity contribution is 6.06. The first-order chi connectivity index (χ1) is 11.6. The van der Waals surface area contributed by atoms with Crippen LogP contribution in [0, 0.1) is 13.8 Å². The lowest BCUT2D eigenvalue weighted by molar-refractivity contribution is 0.102. The second-order valence-electron chi connectivity index (χ2n) is 6.43. The number of nitrogens with one attached hydrogen (secondary N) is 3. The third kappa shape index (κ3) is 2.62. The minimum Gasteiger partial charge on any atom is -0.358 e. The topological polar surface area (TPSA) is 73.6 Å². The number of nitrogens with zero attached hydrogens (tertiary/aromatic N) is 1. The van der Waals surface area contributed by atoms with E-state index in [4.69, 9.17) is 0 Å². The van der Waals surface area contributed by atoms with Gasteiger partial charge < -0.3 is 10.3 Å². The van der Waals surface area contributed by atoms with Crippen molar-refractivity contribution in [2.75, 3.05) is 5.32 Å². The van der Waals surface area contributed by atoms with Gasteiger partial charge in [-0.1, -0.05) is 30.3 Å². The Hall–Kier alpha value is -2.82. The molecule has 0 spiro atoms. The summed E-state index contributed by atoms with van der Waals surface area (Å²) in [6.45, 7) is 3.90. The van der Waals surface area contributed by atoms with Gasteiger partial charge in [0, 0.05) is 29.1 Å². The summed E-state index contributed by atoms with van der Waals surface area (Å²) in [5, 5.41) is 10.1. The summed E-state index contributed by atoms with van der Waals surface area (Å²) in [5.74, 6) is 1.05. The molecule has 1 aliphatic rings. The normalized spacial score (nSPS) is 13.9. The van der Waals surface area contributed by atoms with Crippen molar-refractivity contribution < 1.29 is 4.79 Å². The van der Waals surface area contributed by atoms with E-state index in [2.05, 4.69) is 20.5 Å². The van der Waals surface area contributed by atoms with Crippen molar-refractivity contribution in [3.05, 3.63) is 58.9 Å². The Morgan fingerprint density at radius 1 is 1.21 bits per heavy atom. The molecule has 2 heterocycles. The lowest BCUT2D eigenvalue weighted by Crippen LogP contribution is -2.13. The van der Waals surface area contributed by atoms with E-state index in [0.717, 1.165) is 28.2 Å². The van der Waals surface area contributed by atoms with Crippen LogP contribution in [0.2, 0.25) is 0 Å². The van der Waals surface area contributed by atoms with Crippen molar-refractivity contribution in [1.29, 1.82) is 0 Å². The molecule has 4 rings (SSSR count). The first-order valence-electron chi connectivity index (χ1n) is 8.24. The summed E-state index contributed by atoms with van der Waals surface area (Å²) in [6, 6.07) is 12.0. The van der Waals surface area contributed by atoms with Gasteiger partial charge in [0.1, 0.15) is 0 Å². The monoisotopic (exact) mass is 320 g/mol. The van der Waals surface area contributed by atoms with E-state index in [1.54, 1.807) is 0 Å². The number of rotatable bonds is 4. The molecule has 0 atom stereocenters. The maximum Gasteiger partial charge on any atom is 0.258 e. The quantitative estimate of drug-likeness (QED) is 0.675. The molecule has 1 aliphatic carbocycles. The van der Waals surface area contributed by atoms with Crippen LogP contribution in [0.3, 0.4) is 0 Å². The van der Waals surface area contributed by atoms with Gasteiger partial charge in [0.15, 0.2) is 5.82 Å². The molecule has 1 aromatic carbocycles. The highest BCUT2D eigenvalue weighted by atomic mass is 16.1. The Morgan fingerprint density at radius 3 is 2.67 bits per heavy atom. The summed E-state index contributed by atoms with van der Waals surface area (Å²) in [4.78, 5) is 16.1. The Labute approximate surface area is 140 Å². The Morgan fingerprint density at radius 2 is 1.96 bits per heavy atom. The van der Waals surface area contributed by atoms with Crippen LogP contribution in [0.1, 0.15) is 46.1 Å². The SMILES string of the molecule is Cc1[nH]c(-c2ccccc2)c(C)c1C(=O)Nc1cc(C2CC2)[nH]n1. The maximum atomic E-state index is 12.7. The fourth-order valence-electron chi connectivity index (χ4n) is 3.17. The Balaban J connectivity index is 1.61. The van der Waals surface area contributed by atoms with Gasteiger partial charge in [0.25, 0.3) is 5.91 Å². The predicted molar refractivity (Wildman–Crippen MR) is 94.2 cm³/mol. The van der Waals surface area contributed by atoms with E-state index in [9.17, 15) is 4.79 Å². The molecule has 1 amide bonds. The van der Waals surface area contributed by atoms with Gasteiger partial charge in [-0.05, 0) is 37.8 Å². The fraction of sp³-hybridized carbons (Fsp3) is 0.263. The molecule has 5 heteroatoms. The van der Waals surface area contributed by atoms with Gasteiger partial charge >= 0.3 is 0 Å². The molecular formula is C19H20N4O. The summed E-state index contributed by atoms with van der Waals surface area (Å²) in [7, 11) is 0. The molecule has 1 saturated carbocycles. The average Bonchev–Trinajstić information content (AvgIpc) is 3.25. The number of anilines is 1. The van der Waals surface area contributed by atoms with Crippen LogP contribution in [0.15, 0.2) is 36.4 Å². The molecule has 0 aliphatic heterocycles. The highest BCUT2D eigenvalue weighted by Gasteiger charge is 2.26. The van der Waals surface area contributed by atoms with Crippen LogP contribution >= 0.6 is 0 Å². The molecule has 24 heavy (non-hydrogen) atoms. The fourth-order valence-corrected chi connectivity index (χ4v) is 3.17. The van der Waals surface area contributed by atoms with Gasteiger partial charge in [0.2, 0.25) is 0 Å². The lowest BCUT2D eigenvalue weighted by Gasteiger charge is -2.03. The molecule has 0 radical (unpaired) electrons. The van der Waals surface area contributed by atoms with Crippen LogP contribution in [-0.2, 0) is 0 Å². The molecule has 3 N–H and O–H groups in total. The van der Waals surface area contributed by atoms with Gasteiger partial charge in [-0.15, -0.1) is 0 Å². The van der Waals surface area contributed by atoms with Gasteiger partial charge in [-0.3, -0.25) is 9.89 Å². The van der Waals surface area contributed by atoms with Gasteiger partial charge in [-0.25, -0.2) is 0 Å². The third-order valence-electron chi connectivity index (χ3n) is 4.58. The number of benzene rings is 1. The number of aryl methyl sites for hydroxylation is 1. The zero-order valence-corrected chi connectivity index (χ0v) is 13.8. The summed E-state index contributed by atoms with van der Waals surface area (Å²) in [5.41, 5.74) is 5.67. The number of carbonyl (C=O) groups excluding carboxylic acids is 1. The Kier molecular flexibility index (Phi) is 3.49. The first kappa shape index (κ1) is 14.8. The molecule has 3 aromatic rings. The largest absolute Gasteiger partial charge is 0.358 e. The number of H-pyrrole nitrogens is 2. The molecule has 122 valence electrons. The number of carbonyl (C=O) groups is 1. The maximum absolute atomic E-state index is 12.7. The molecule has 0 saturated heterocycles. The zero-order chi connectivity index (χ0) is 16.7. The summed E-state index contributed by atoms with van der Waals surface area (Å²) < 4.78 is 0. The van der Waals surface area contributed by atoms with E-state index in [0.29, 0.717) is 17.3 Å². The van der Waals surface area contributed by atoms with Gasteiger partial charge in [0.05, 0.1) is 5.56 Å². The smallest absolute Gasteiger partial charge is 0.258 e. The number of amides is 1. The van der Waals surface area contributed by atoms with E-state index in [-0.39, 0.29) is 5.91 Å². The van der Waals surface area contributed by atoms with Crippen LogP contribution in [0.5, 0.6) is 0 Å². The molecule has 2 aromatic heterocycles. The van der Waals surface area contributed by atoms with Gasteiger partial charge in [-0.2, -0.15) is 5.10 Å². The van der Waals surface area contributed by atoms with Crippen LogP contribution < -0.4 is 5.32 Å². The summed E-state index contributed by atoms with van der Waals surface area (Å²) in [6.07, 6.45) is 2.40. The van der Waals surface area contributed by atoms with Crippen molar-refractivity contribution in [2.45, 2.75) is 32.6 Å². The minimum atomic E-state index is -0.128. The second kappa shape index (κ2) is 5.67. The van der Waals surface area contributed by atoms with E-state index in [1.165, 1.54) is 12.8 Å². The average molecular weight is 320 g/mol. The third-order valence-corrected chi connectivity index (χ3v) is 4.58. The molecule has 5 nitrogen and oxygen atoms in total. The molecular weight excluding hydrogens is 300 g/mol. The highest BCUT2D eigenvalue weighted by Crippen LogP contribution is 2.39. The van der Waals surface area contributed by atoms with E-state index >= 15 is 0 Å². The van der Waals surface area contributed by atoms with Crippen molar-refractivity contribution in [1.82, 2.24) is 15.2 Å². The van der Waals surface area contributed by atoms with E-state index < -0.39 is 0 Å². The van der Waals surface area contributed by atoms with Crippen LogP contribution in [0.4, 0.5) is 5.82 Å². The summed E-state index contributed by atoms with van der Waals surface area (Å²) >= 11 is 0. The second-order valence-corrected chi connectivity index (χ2v) is 6.43. The first-order valence-corrected chi connectivity index (χ1v) is 8.24. The van der Waals surface area contributed by atoms with Crippen LogP contribution in [-0.4, -0.2) is 21.1 Å². The zero-order valence-electron chi connectivity index (χ0n) is 13.8. The minimum absolute atomic E-state index is 0.128. The van der Waals surface area contributed by atoms with Crippen molar-refractivity contribution in [3.8, 4) is 11.3 Å². The van der Waals surface area contributed by atoms with Crippen LogP contribution in [0.25, 0.3) is 11.3 Å². The number of hydrogen-bond acceptors (Lipinski definition) is 2. The van der Waals surface area contributed by atoms with Crippen molar-refractivity contribution in [2.24, 2.45) is 0 Å². The number of aromatic amines is 2. The lowest BCUT2D eigenvalue weighted by atomic mass is 10.0. The molecule has 0 bridgehead atoms. The predicted octanol–water partition coefficient (Wildman–Crippen LogP) is 4.15. The molecule has 1 fully saturated rings. The number of hydrogen-bond donors (Lipinski definition) is 3. The van der Waals surface area contributed by atoms with Crippen molar-refractivity contribution in [3.63, 3.8) is 0 Å². The Bertz CT molecular complexity index is 887. The standard InChI is InChI=1S/C19H20N4O/c1-11-17(12(2)20-18(11)14-6-4-3-5-7-14)19(24)21-16-10-15(22-23-16)13-8-9-13/h3-7,10,13,20H,8-9H2,1-2H3,(H2,21,22,23,24). The van der Waals surface area contributed by atoms with E-state index in [1.807, 2.05) is 50.2 Å². The van der Waals surface area contributed by atoms with Crippen molar-refractivity contribution >= 4 is 11.7 Å². The number of aromatic nitrogens is 3.